The third kappa shape index (κ3) is 2.85. The third-order valence-corrected chi connectivity index (χ3v) is 2.51. The van der Waals surface area contributed by atoms with Gasteiger partial charge < -0.3 is 9.47 Å². The van der Waals surface area contributed by atoms with Gasteiger partial charge in [0.1, 0.15) is 25.4 Å². The fourth-order valence-corrected chi connectivity index (χ4v) is 1.62. The molecule has 0 saturated carbocycles. The number of benzene rings is 1. The number of rotatable bonds is 4. The third-order valence-electron chi connectivity index (χ3n) is 2.51. The zero-order valence-electron chi connectivity index (χ0n) is 10.9. The van der Waals surface area contributed by atoms with Crippen LogP contribution in [-0.2, 0) is 4.74 Å². The predicted octanol–water partition coefficient (Wildman–Crippen LogP) is 1.95. The van der Waals surface area contributed by atoms with Gasteiger partial charge in [-0.05, 0) is 31.9 Å². The molecule has 0 bridgehead atoms. The van der Waals surface area contributed by atoms with Gasteiger partial charge in [-0.1, -0.05) is 23.8 Å². The smallest absolute Gasteiger partial charge is 0.342 e. The Morgan fingerprint density at radius 1 is 1.56 bits per heavy atom. The van der Waals surface area contributed by atoms with Gasteiger partial charge in [0.05, 0.1) is 6.61 Å². The minimum atomic E-state index is -0.425. The van der Waals surface area contributed by atoms with Gasteiger partial charge in [0, 0.05) is 0 Å². The molecule has 92 valence electrons. The van der Waals surface area contributed by atoms with Gasteiger partial charge in [0.25, 0.3) is 0 Å². The molecule has 18 heavy (non-hydrogen) atoms. The Morgan fingerprint density at radius 2 is 2.22 bits per heavy atom. The van der Waals surface area contributed by atoms with Crippen LogP contribution in [0.3, 0.4) is 0 Å². The maximum absolute atomic E-state index is 11.9. The van der Waals surface area contributed by atoms with Crippen molar-refractivity contribution < 1.29 is 14.3 Å². The minimum Gasteiger partial charge on any atom is -0.462 e. The van der Waals surface area contributed by atoms with Crippen LogP contribution < -0.4 is 10.2 Å². The molecule has 1 rings (SSSR count). The zero-order chi connectivity index (χ0) is 13.7. The van der Waals surface area contributed by atoms with Crippen molar-refractivity contribution in [1.82, 2.24) is 0 Å². The van der Waals surface area contributed by atoms with Gasteiger partial charge in [-0.2, -0.15) is 0 Å². The summed E-state index contributed by atoms with van der Waals surface area (Å²) in [5.74, 6) is -0.0346. The maximum atomic E-state index is 11.9. The lowest BCUT2D eigenvalue weighted by molar-refractivity contribution is 0.0522. The van der Waals surface area contributed by atoms with Crippen LogP contribution in [0.25, 0.3) is 0 Å². The molecule has 0 spiro atoms. The first-order valence-corrected chi connectivity index (χ1v) is 5.60. The van der Waals surface area contributed by atoms with E-state index in [0.717, 1.165) is 0 Å². The highest BCUT2D eigenvalue weighted by Gasteiger charge is 2.20. The lowest BCUT2D eigenvalue weighted by Crippen LogP contribution is -2.16. The summed E-state index contributed by atoms with van der Waals surface area (Å²) < 4.78 is 10.4. The van der Waals surface area contributed by atoms with Gasteiger partial charge >= 0.3 is 5.97 Å². The monoisotopic (exact) mass is 242 g/mol. The van der Waals surface area contributed by atoms with Crippen LogP contribution in [0.5, 0.6) is 5.75 Å². The van der Waals surface area contributed by atoms with Gasteiger partial charge in [-0.25, -0.2) is 4.79 Å². The molecule has 2 radical (unpaired) electrons. The predicted molar refractivity (Wildman–Crippen MR) is 71.6 cm³/mol. The van der Waals surface area contributed by atoms with E-state index in [2.05, 4.69) is 12.3 Å². The van der Waals surface area contributed by atoms with Gasteiger partial charge in [-0.15, -0.1) is 0 Å². The molecule has 0 aliphatic carbocycles. The summed E-state index contributed by atoms with van der Waals surface area (Å²) >= 11 is 0. The summed E-state index contributed by atoms with van der Waals surface area (Å²) in [6, 6.07) is 1.73. The molecule has 0 N–H and O–H groups in total. The van der Waals surface area contributed by atoms with Crippen LogP contribution in [0.15, 0.2) is 24.6 Å². The average Bonchev–Trinajstić information content (AvgIpc) is 2.32. The summed E-state index contributed by atoms with van der Waals surface area (Å²) in [5.41, 5.74) is 4.84. The van der Waals surface area contributed by atoms with Gasteiger partial charge in [-0.3, -0.25) is 0 Å². The molecule has 3 nitrogen and oxygen atoms in total. The highest BCUT2D eigenvalue weighted by Crippen LogP contribution is 2.26. The second-order valence-electron chi connectivity index (χ2n) is 3.77. The number of carbonyl (C=O) groups is 1. The number of aryl methyl sites for hydroxylation is 1. The topological polar surface area (TPSA) is 35.5 Å². The normalized spacial score (nSPS) is 9.50. The number of hydrogen-bond acceptors (Lipinski definition) is 3. The Bertz CT molecular complexity index is 514. The van der Waals surface area contributed by atoms with E-state index in [-0.39, 0.29) is 0 Å². The van der Waals surface area contributed by atoms with E-state index in [1.54, 1.807) is 26.8 Å². The first-order valence-electron chi connectivity index (χ1n) is 5.60. The van der Waals surface area contributed by atoms with E-state index in [9.17, 15) is 4.79 Å². The number of ether oxygens (including phenoxy) is 2. The fourth-order valence-electron chi connectivity index (χ4n) is 1.62. The molecule has 0 aliphatic rings. The maximum Gasteiger partial charge on any atom is 0.342 e. The first-order chi connectivity index (χ1) is 8.52. The largest absolute Gasteiger partial charge is 0.462 e. The Kier molecular flexibility index (Phi) is 4.81. The van der Waals surface area contributed by atoms with Crippen LogP contribution in [0.1, 0.15) is 28.4 Å². The molecule has 1 aromatic carbocycles. The van der Waals surface area contributed by atoms with Crippen LogP contribution in [0, 0.1) is 13.8 Å². The molecule has 0 aromatic heterocycles. The van der Waals surface area contributed by atoms with Crippen LogP contribution in [0.4, 0.5) is 0 Å². The quantitative estimate of drug-likeness (QED) is 0.350. The van der Waals surface area contributed by atoms with Crippen molar-refractivity contribution >= 4 is 19.3 Å². The molecule has 0 amide bonds. The molecular formula is C14H15BO3. The summed E-state index contributed by atoms with van der Waals surface area (Å²) in [4.78, 5) is 11.9. The Labute approximate surface area is 109 Å². The molecule has 4 heteroatoms. The van der Waals surface area contributed by atoms with E-state index >= 15 is 0 Å². The Hall–Kier alpha value is -1.93. The molecule has 1 aromatic rings. The molecule has 0 aliphatic heterocycles. The summed E-state index contributed by atoms with van der Waals surface area (Å²) in [7, 11) is 5.85. The second-order valence-corrected chi connectivity index (χ2v) is 3.77. The van der Waals surface area contributed by atoms with Crippen molar-refractivity contribution in [3.8, 4) is 5.75 Å². The van der Waals surface area contributed by atoms with Crippen LogP contribution >= 0.6 is 0 Å². The van der Waals surface area contributed by atoms with Crippen molar-refractivity contribution in [3.05, 3.63) is 41.3 Å². The minimum absolute atomic E-state index is 0.304. The summed E-state index contributed by atoms with van der Waals surface area (Å²) in [6.07, 6.45) is 1.28. The molecule has 0 heterocycles. The molecule has 0 fully saturated rings. The lowest BCUT2D eigenvalue weighted by Gasteiger charge is -2.15. The van der Waals surface area contributed by atoms with Crippen molar-refractivity contribution in [2.75, 3.05) is 6.61 Å². The molecule has 0 saturated heterocycles. The standard InChI is InChI=1S/C14H15BO3/c1-5-7-18-13-10(4)11(15)8-9(3)12(13)14(16)17-6-2/h7-8H,1,6H2,2-4H3. The summed E-state index contributed by atoms with van der Waals surface area (Å²) in [5, 5.41) is 0. The van der Waals surface area contributed by atoms with E-state index < -0.39 is 5.97 Å². The number of hydrogen-bond donors (Lipinski definition) is 0. The first kappa shape index (κ1) is 14.1. The number of carbonyl (C=O) groups excluding carboxylic acids is 1. The summed E-state index contributed by atoms with van der Waals surface area (Å²) in [6.45, 7) is 9.03. The van der Waals surface area contributed by atoms with Crippen molar-refractivity contribution in [2.45, 2.75) is 20.8 Å². The zero-order valence-corrected chi connectivity index (χ0v) is 10.9. The van der Waals surface area contributed by atoms with E-state index in [1.807, 2.05) is 0 Å². The van der Waals surface area contributed by atoms with Crippen molar-refractivity contribution in [3.63, 3.8) is 0 Å². The van der Waals surface area contributed by atoms with E-state index in [1.165, 1.54) is 6.26 Å². The lowest BCUT2D eigenvalue weighted by atomic mass is 9.86. The Balaban J connectivity index is 3.41. The SMILES string of the molecule is [B]c1cc(C)c(C(=O)OCC)c(OC=C=C)c1C. The molecular weight excluding hydrogens is 227 g/mol. The van der Waals surface area contributed by atoms with E-state index in [4.69, 9.17) is 17.3 Å². The van der Waals surface area contributed by atoms with Crippen molar-refractivity contribution in [2.24, 2.45) is 0 Å². The Morgan fingerprint density at radius 3 is 2.78 bits per heavy atom. The molecule has 0 unspecified atom stereocenters. The fraction of sp³-hybridized carbons (Fsp3) is 0.286. The van der Waals surface area contributed by atoms with Gasteiger partial charge in [0.15, 0.2) is 0 Å². The highest BCUT2D eigenvalue weighted by molar-refractivity contribution is 6.34. The number of esters is 1. The van der Waals surface area contributed by atoms with Crippen molar-refractivity contribution in [1.29, 1.82) is 0 Å². The highest BCUT2D eigenvalue weighted by atomic mass is 16.5. The average molecular weight is 242 g/mol. The van der Waals surface area contributed by atoms with Gasteiger partial charge in [0.2, 0.25) is 0 Å². The van der Waals surface area contributed by atoms with E-state index in [0.29, 0.717) is 34.5 Å². The second kappa shape index (κ2) is 6.13. The molecule has 0 atom stereocenters. The van der Waals surface area contributed by atoms with Crippen LogP contribution in [-0.4, -0.2) is 20.4 Å². The van der Waals surface area contributed by atoms with Crippen LogP contribution in [0.2, 0.25) is 0 Å².